The van der Waals surface area contributed by atoms with E-state index in [2.05, 4.69) is 0 Å². The first-order chi connectivity index (χ1) is 5.24. The molecule has 1 fully saturated rings. The van der Waals surface area contributed by atoms with E-state index in [1.165, 1.54) is 0 Å². The molecule has 0 unspecified atom stereocenters. The largest absolute Gasteiger partial charge is 0.479 e. The average molecular weight is 159 g/mol. The zero-order valence-corrected chi connectivity index (χ0v) is 6.32. The van der Waals surface area contributed by atoms with Gasteiger partial charge in [0.1, 0.15) is 0 Å². The third-order valence-electron chi connectivity index (χ3n) is 1.89. The predicted molar refractivity (Wildman–Crippen MR) is 39.2 cm³/mol. The number of aliphatic carboxylic acids is 1. The van der Waals surface area contributed by atoms with Crippen LogP contribution in [0.15, 0.2) is 0 Å². The van der Waals surface area contributed by atoms with Crippen LogP contribution in [0.1, 0.15) is 19.3 Å². The van der Waals surface area contributed by atoms with Crippen LogP contribution >= 0.6 is 0 Å². The van der Waals surface area contributed by atoms with Crippen molar-refractivity contribution in [3.05, 3.63) is 0 Å². The lowest BCUT2D eigenvalue weighted by molar-refractivity contribution is -0.158. The quantitative estimate of drug-likeness (QED) is 0.593. The third-order valence-corrected chi connectivity index (χ3v) is 1.89. The van der Waals surface area contributed by atoms with Crippen LogP contribution in [0, 0.1) is 0 Å². The molecule has 0 bridgehead atoms. The minimum absolute atomic E-state index is 0.0511. The van der Waals surface area contributed by atoms with Gasteiger partial charge in [0.2, 0.25) is 0 Å². The van der Waals surface area contributed by atoms with Crippen molar-refractivity contribution in [3.63, 3.8) is 0 Å². The molecule has 3 N–H and O–H groups in total. The van der Waals surface area contributed by atoms with Crippen molar-refractivity contribution in [2.45, 2.75) is 31.5 Å². The van der Waals surface area contributed by atoms with Gasteiger partial charge in [-0.1, -0.05) is 0 Å². The summed E-state index contributed by atoms with van der Waals surface area (Å²) < 4.78 is 5.17. The van der Waals surface area contributed by atoms with Crippen molar-refractivity contribution >= 4 is 5.97 Å². The van der Waals surface area contributed by atoms with Gasteiger partial charge in [-0.3, -0.25) is 0 Å². The lowest BCUT2D eigenvalue weighted by Gasteiger charge is -2.26. The number of carboxylic acid groups (broad SMARTS) is 1. The van der Waals surface area contributed by atoms with Gasteiger partial charge in [-0.05, 0) is 19.3 Å². The molecule has 1 aliphatic rings. The maximum Gasteiger partial charge on any atom is 0.332 e. The van der Waals surface area contributed by atoms with Gasteiger partial charge in [0, 0.05) is 6.54 Å². The lowest BCUT2D eigenvalue weighted by atomic mass is 10.0. The molecule has 1 heterocycles. The van der Waals surface area contributed by atoms with Crippen LogP contribution in [0.3, 0.4) is 0 Å². The van der Waals surface area contributed by atoms with E-state index < -0.39 is 12.1 Å². The number of nitrogens with two attached hydrogens (primary N) is 1. The van der Waals surface area contributed by atoms with E-state index in [0.29, 0.717) is 13.0 Å². The van der Waals surface area contributed by atoms with E-state index in [9.17, 15) is 4.79 Å². The maximum atomic E-state index is 10.5. The Morgan fingerprint density at radius 3 is 2.91 bits per heavy atom. The smallest absolute Gasteiger partial charge is 0.332 e. The molecule has 1 saturated heterocycles. The van der Waals surface area contributed by atoms with E-state index >= 15 is 0 Å². The minimum atomic E-state index is -0.872. The molecular formula is C7H13NO3. The van der Waals surface area contributed by atoms with Crippen LogP contribution < -0.4 is 5.73 Å². The van der Waals surface area contributed by atoms with Gasteiger partial charge in [-0.25, -0.2) is 4.79 Å². The summed E-state index contributed by atoms with van der Waals surface area (Å²) in [6, 6.07) is 0. The third kappa shape index (κ3) is 2.17. The summed E-state index contributed by atoms with van der Waals surface area (Å²) in [5.41, 5.74) is 5.35. The fourth-order valence-corrected chi connectivity index (χ4v) is 1.25. The van der Waals surface area contributed by atoms with Crippen molar-refractivity contribution in [3.8, 4) is 0 Å². The molecule has 1 rings (SSSR count). The van der Waals surface area contributed by atoms with Crippen molar-refractivity contribution < 1.29 is 14.6 Å². The number of hydrogen-bond acceptors (Lipinski definition) is 3. The SMILES string of the molecule is NC[C@@H]1CCC[C@@H](C(=O)O)O1. The van der Waals surface area contributed by atoms with Crippen LogP contribution in [0.4, 0.5) is 0 Å². The maximum absolute atomic E-state index is 10.5. The fraction of sp³-hybridized carbons (Fsp3) is 0.857. The highest BCUT2D eigenvalue weighted by Crippen LogP contribution is 2.17. The van der Waals surface area contributed by atoms with Crippen LogP contribution in [-0.4, -0.2) is 29.8 Å². The van der Waals surface area contributed by atoms with Crippen molar-refractivity contribution in [1.82, 2.24) is 0 Å². The predicted octanol–water partition coefficient (Wildman–Crippen LogP) is -0.0326. The average Bonchev–Trinajstić information content (AvgIpc) is 2.05. The minimum Gasteiger partial charge on any atom is -0.479 e. The molecule has 11 heavy (non-hydrogen) atoms. The molecule has 2 atom stereocenters. The van der Waals surface area contributed by atoms with Crippen molar-refractivity contribution in [2.24, 2.45) is 5.73 Å². The molecule has 0 aromatic carbocycles. The molecule has 64 valence electrons. The Balaban J connectivity index is 2.39. The van der Waals surface area contributed by atoms with Gasteiger partial charge in [-0.2, -0.15) is 0 Å². The molecule has 0 saturated carbocycles. The molecule has 0 radical (unpaired) electrons. The standard InChI is InChI=1S/C7H13NO3/c8-4-5-2-1-3-6(11-5)7(9)10/h5-6H,1-4,8H2,(H,9,10)/t5-,6-/m0/s1. The van der Waals surface area contributed by atoms with E-state index in [-0.39, 0.29) is 6.10 Å². The number of rotatable bonds is 2. The number of ether oxygens (including phenoxy) is 1. The first-order valence-corrected chi connectivity index (χ1v) is 3.82. The summed E-state index contributed by atoms with van der Waals surface area (Å²) in [6.45, 7) is 0.420. The Kier molecular flexibility index (Phi) is 2.84. The van der Waals surface area contributed by atoms with Crippen LogP contribution in [0.25, 0.3) is 0 Å². The molecule has 0 aromatic rings. The second-order valence-electron chi connectivity index (χ2n) is 2.75. The molecule has 0 aromatic heterocycles. The number of hydrogen-bond donors (Lipinski definition) is 2. The highest BCUT2D eigenvalue weighted by Gasteiger charge is 2.26. The van der Waals surface area contributed by atoms with Gasteiger partial charge in [-0.15, -0.1) is 0 Å². The Hall–Kier alpha value is -0.610. The highest BCUT2D eigenvalue weighted by molar-refractivity contribution is 5.72. The Morgan fingerprint density at radius 2 is 2.36 bits per heavy atom. The lowest BCUT2D eigenvalue weighted by Crippen LogP contribution is -2.37. The topological polar surface area (TPSA) is 72.6 Å². The first-order valence-electron chi connectivity index (χ1n) is 3.82. The van der Waals surface area contributed by atoms with Crippen LogP contribution in [0.2, 0.25) is 0 Å². The Labute approximate surface area is 65.3 Å². The highest BCUT2D eigenvalue weighted by atomic mass is 16.5. The Morgan fingerprint density at radius 1 is 1.64 bits per heavy atom. The van der Waals surface area contributed by atoms with E-state index in [4.69, 9.17) is 15.6 Å². The summed E-state index contributed by atoms with van der Waals surface area (Å²) in [6.07, 6.45) is 1.73. The molecular weight excluding hydrogens is 146 g/mol. The van der Waals surface area contributed by atoms with E-state index in [0.717, 1.165) is 12.8 Å². The Bertz CT molecular complexity index is 149. The molecule has 0 aliphatic carbocycles. The summed E-state index contributed by atoms with van der Waals surface area (Å²) in [7, 11) is 0. The van der Waals surface area contributed by atoms with Crippen LogP contribution in [-0.2, 0) is 9.53 Å². The summed E-state index contributed by atoms with van der Waals surface area (Å²) in [5, 5.41) is 8.59. The second kappa shape index (κ2) is 3.69. The van der Waals surface area contributed by atoms with E-state index in [1.54, 1.807) is 0 Å². The normalized spacial score (nSPS) is 31.7. The number of carboxylic acids is 1. The van der Waals surface area contributed by atoms with Crippen molar-refractivity contribution in [2.75, 3.05) is 6.54 Å². The summed E-state index contributed by atoms with van der Waals surface area (Å²) in [4.78, 5) is 10.5. The van der Waals surface area contributed by atoms with Gasteiger partial charge >= 0.3 is 5.97 Å². The molecule has 4 heteroatoms. The zero-order valence-electron chi connectivity index (χ0n) is 6.32. The van der Waals surface area contributed by atoms with E-state index in [1.807, 2.05) is 0 Å². The second-order valence-corrected chi connectivity index (χ2v) is 2.75. The van der Waals surface area contributed by atoms with Gasteiger partial charge in [0.15, 0.2) is 6.10 Å². The first kappa shape index (κ1) is 8.49. The van der Waals surface area contributed by atoms with Crippen molar-refractivity contribution in [1.29, 1.82) is 0 Å². The van der Waals surface area contributed by atoms with Crippen LogP contribution in [0.5, 0.6) is 0 Å². The molecule has 0 spiro atoms. The zero-order chi connectivity index (χ0) is 8.27. The number of carbonyl (C=O) groups is 1. The molecule has 4 nitrogen and oxygen atoms in total. The summed E-state index contributed by atoms with van der Waals surface area (Å²) >= 11 is 0. The van der Waals surface area contributed by atoms with Gasteiger partial charge < -0.3 is 15.6 Å². The van der Waals surface area contributed by atoms with Gasteiger partial charge in [0.05, 0.1) is 6.10 Å². The fourth-order valence-electron chi connectivity index (χ4n) is 1.25. The molecule has 0 amide bonds. The monoisotopic (exact) mass is 159 g/mol. The van der Waals surface area contributed by atoms with Gasteiger partial charge in [0.25, 0.3) is 0 Å². The summed E-state index contributed by atoms with van der Waals surface area (Å²) in [5.74, 6) is -0.872. The molecule has 1 aliphatic heterocycles.